The van der Waals surface area contributed by atoms with Crippen LogP contribution in [0.2, 0.25) is 0 Å². The molecule has 1 N–H and O–H groups in total. The fourth-order valence-corrected chi connectivity index (χ4v) is 3.20. The molecule has 0 unspecified atom stereocenters. The largest absolute Gasteiger partial charge is 0.497 e. The van der Waals surface area contributed by atoms with Crippen molar-refractivity contribution in [2.75, 3.05) is 11.8 Å². The first-order chi connectivity index (χ1) is 10.5. The lowest BCUT2D eigenvalue weighted by Gasteiger charge is -2.09. The number of anilines is 1. The molecule has 6 nitrogen and oxygen atoms in total. The third-order valence-corrected chi connectivity index (χ3v) is 4.71. The van der Waals surface area contributed by atoms with Crippen LogP contribution in [0.4, 0.5) is 5.69 Å². The summed E-state index contributed by atoms with van der Waals surface area (Å²) in [6, 6.07) is 10.8. The summed E-state index contributed by atoms with van der Waals surface area (Å²) in [6.45, 7) is 0.222. The Hall–Kier alpha value is -2.54. The van der Waals surface area contributed by atoms with E-state index in [1.165, 1.54) is 25.3 Å². The average Bonchev–Trinajstić information content (AvgIpc) is 2.88. The van der Waals surface area contributed by atoms with E-state index in [1.807, 2.05) is 0 Å². The molecule has 0 spiro atoms. The van der Waals surface area contributed by atoms with E-state index >= 15 is 0 Å². The number of rotatable bonds is 4. The van der Waals surface area contributed by atoms with Crippen molar-refractivity contribution in [3.63, 3.8) is 0 Å². The molecule has 114 valence electrons. The Balaban J connectivity index is 1.88. The second-order valence-electron chi connectivity index (χ2n) is 4.73. The van der Waals surface area contributed by atoms with Gasteiger partial charge < -0.3 is 9.47 Å². The van der Waals surface area contributed by atoms with Gasteiger partial charge in [0.25, 0.3) is 10.0 Å². The van der Waals surface area contributed by atoms with Crippen LogP contribution in [0.5, 0.6) is 5.75 Å². The lowest BCUT2D eigenvalue weighted by Crippen LogP contribution is -2.13. The number of fused-ring (bicyclic) bond motifs is 1. The van der Waals surface area contributed by atoms with Gasteiger partial charge in [0.05, 0.1) is 17.6 Å². The predicted molar refractivity (Wildman–Crippen MR) is 79.4 cm³/mol. The van der Waals surface area contributed by atoms with E-state index in [4.69, 9.17) is 9.47 Å². The lowest BCUT2D eigenvalue weighted by molar-refractivity contribution is 0.0535. The molecular formula is C15H13NO5S. The van der Waals surface area contributed by atoms with Gasteiger partial charge in [-0.05, 0) is 36.4 Å². The second kappa shape index (κ2) is 5.34. The molecule has 0 saturated carbocycles. The van der Waals surface area contributed by atoms with Gasteiger partial charge in [-0.2, -0.15) is 0 Å². The molecular weight excluding hydrogens is 306 g/mol. The number of sulfonamides is 1. The first-order valence-corrected chi connectivity index (χ1v) is 7.95. The van der Waals surface area contributed by atoms with E-state index in [0.29, 0.717) is 17.0 Å². The molecule has 1 aliphatic heterocycles. The molecule has 7 heteroatoms. The number of methoxy groups -OCH3 is 1. The third-order valence-electron chi connectivity index (χ3n) is 3.31. The maximum absolute atomic E-state index is 12.3. The quantitative estimate of drug-likeness (QED) is 0.873. The molecule has 1 heterocycles. The van der Waals surface area contributed by atoms with Crippen LogP contribution in [0.3, 0.4) is 0 Å². The maximum atomic E-state index is 12.3. The van der Waals surface area contributed by atoms with Crippen molar-refractivity contribution in [2.24, 2.45) is 0 Å². The zero-order valence-electron chi connectivity index (χ0n) is 11.7. The van der Waals surface area contributed by atoms with Crippen molar-refractivity contribution in [2.45, 2.75) is 11.5 Å². The molecule has 1 aliphatic rings. The van der Waals surface area contributed by atoms with Gasteiger partial charge in [0.15, 0.2) is 0 Å². The van der Waals surface area contributed by atoms with Gasteiger partial charge in [-0.3, -0.25) is 4.72 Å². The summed E-state index contributed by atoms with van der Waals surface area (Å²) >= 11 is 0. The first-order valence-electron chi connectivity index (χ1n) is 6.46. The number of hydrogen-bond acceptors (Lipinski definition) is 5. The summed E-state index contributed by atoms with van der Waals surface area (Å²) in [5.41, 5.74) is 1.45. The molecule has 2 aromatic carbocycles. The molecule has 0 aromatic heterocycles. The highest BCUT2D eigenvalue weighted by Gasteiger charge is 2.22. The fraction of sp³-hybridized carbons (Fsp3) is 0.133. The van der Waals surface area contributed by atoms with Crippen LogP contribution >= 0.6 is 0 Å². The van der Waals surface area contributed by atoms with Gasteiger partial charge in [-0.25, -0.2) is 13.2 Å². The Morgan fingerprint density at radius 3 is 2.55 bits per heavy atom. The molecule has 22 heavy (non-hydrogen) atoms. The van der Waals surface area contributed by atoms with Crippen molar-refractivity contribution in [3.05, 3.63) is 53.6 Å². The normalized spacial score (nSPS) is 13.4. The molecule has 0 radical (unpaired) electrons. The summed E-state index contributed by atoms with van der Waals surface area (Å²) in [5, 5.41) is 0. The van der Waals surface area contributed by atoms with Gasteiger partial charge in [0, 0.05) is 11.3 Å². The Bertz CT molecular complexity index is 828. The molecule has 0 amide bonds. The minimum absolute atomic E-state index is 0.108. The maximum Gasteiger partial charge on any atom is 0.338 e. The van der Waals surface area contributed by atoms with Crippen LogP contribution < -0.4 is 9.46 Å². The molecule has 0 atom stereocenters. The number of esters is 1. The van der Waals surface area contributed by atoms with Crippen molar-refractivity contribution >= 4 is 21.7 Å². The standard InChI is InChI=1S/C15H13NO5S/c1-20-12-4-6-13(7-5-12)22(18,19)16-11-3-2-10-9-21-15(17)14(10)8-11/h2-8,16H,9H2,1H3. The fourth-order valence-electron chi connectivity index (χ4n) is 2.15. The molecule has 0 fully saturated rings. The number of ether oxygens (including phenoxy) is 2. The zero-order chi connectivity index (χ0) is 15.7. The first kappa shape index (κ1) is 14.4. The molecule has 0 bridgehead atoms. The Morgan fingerprint density at radius 1 is 1.14 bits per heavy atom. The van der Waals surface area contributed by atoms with Crippen molar-refractivity contribution < 1.29 is 22.7 Å². The average molecular weight is 319 g/mol. The lowest BCUT2D eigenvalue weighted by atomic mass is 10.1. The third kappa shape index (κ3) is 2.62. The number of carbonyl (C=O) groups excluding carboxylic acids is 1. The number of nitrogens with one attached hydrogen (secondary N) is 1. The molecule has 2 aromatic rings. The van der Waals surface area contributed by atoms with Crippen molar-refractivity contribution in [1.29, 1.82) is 0 Å². The Labute approximate surface area is 127 Å². The second-order valence-corrected chi connectivity index (χ2v) is 6.41. The minimum Gasteiger partial charge on any atom is -0.497 e. The van der Waals surface area contributed by atoms with Crippen LogP contribution in [0.1, 0.15) is 15.9 Å². The highest BCUT2D eigenvalue weighted by atomic mass is 32.2. The van der Waals surface area contributed by atoms with Gasteiger partial charge in [-0.1, -0.05) is 6.07 Å². The predicted octanol–water partition coefficient (Wildman–Crippen LogP) is 2.17. The number of benzene rings is 2. The van der Waals surface area contributed by atoms with E-state index in [-0.39, 0.29) is 11.5 Å². The van der Waals surface area contributed by atoms with Crippen LogP contribution in [0.25, 0.3) is 0 Å². The van der Waals surface area contributed by atoms with Gasteiger partial charge >= 0.3 is 5.97 Å². The van der Waals surface area contributed by atoms with Crippen LogP contribution in [-0.2, 0) is 21.4 Å². The van der Waals surface area contributed by atoms with Crippen molar-refractivity contribution in [3.8, 4) is 5.75 Å². The number of carbonyl (C=O) groups is 1. The van der Waals surface area contributed by atoms with Crippen LogP contribution in [0, 0.1) is 0 Å². The van der Waals surface area contributed by atoms with E-state index in [2.05, 4.69) is 4.72 Å². The van der Waals surface area contributed by atoms with E-state index in [0.717, 1.165) is 5.56 Å². The SMILES string of the molecule is COc1ccc(S(=O)(=O)Nc2ccc3c(c2)C(=O)OC3)cc1. The summed E-state index contributed by atoms with van der Waals surface area (Å²) in [7, 11) is -2.23. The molecule has 0 aliphatic carbocycles. The Morgan fingerprint density at radius 2 is 1.86 bits per heavy atom. The van der Waals surface area contributed by atoms with Gasteiger partial charge in [-0.15, -0.1) is 0 Å². The zero-order valence-corrected chi connectivity index (χ0v) is 12.5. The van der Waals surface area contributed by atoms with Gasteiger partial charge in [0.2, 0.25) is 0 Å². The highest BCUT2D eigenvalue weighted by Crippen LogP contribution is 2.25. The summed E-state index contributed by atoms with van der Waals surface area (Å²) in [5.74, 6) is 0.125. The summed E-state index contributed by atoms with van der Waals surface area (Å²) in [6.07, 6.45) is 0. The summed E-state index contributed by atoms with van der Waals surface area (Å²) in [4.78, 5) is 11.6. The van der Waals surface area contributed by atoms with Crippen LogP contribution in [0.15, 0.2) is 47.4 Å². The van der Waals surface area contributed by atoms with Crippen LogP contribution in [-0.4, -0.2) is 21.5 Å². The van der Waals surface area contributed by atoms with E-state index in [1.54, 1.807) is 24.3 Å². The summed E-state index contributed by atoms with van der Waals surface area (Å²) < 4.78 is 37.0. The minimum atomic E-state index is -3.73. The topological polar surface area (TPSA) is 81.7 Å². The van der Waals surface area contributed by atoms with E-state index in [9.17, 15) is 13.2 Å². The van der Waals surface area contributed by atoms with Gasteiger partial charge in [0.1, 0.15) is 12.4 Å². The van der Waals surface area contributed by atoms with Crippen molar-refractivity contribution in [1.82, 2.24) is 0 Å². The number of cyclic esters (lactones) is 1. The number of hydrogen-bond donors (Lipinski definition) is 1. The highest BCUT2D eigenvalue weighted by molar-refractivity contribution is 7.92. The monoisotopic (exact) mass is 319 g/mol. The molecule has 3 rings (SSSR count). The smallest absolute Gasteiger partial charge is 0.338 e. The molecule has 0 saturated heterocycles. The van der Waals surface area contributed by atoms with E-state index < -0.39 is 16.0 Å². The Kier molecular flexibility index (Phi) is 3.50.